The van der Waals surface area contributed by atoms with Gasteiger partial charge in [0.1, 0.15) is 11.1 Å². The monoisotopic (exact) mass is 491 g/mol. The Labute approximate surface area is 201 Å². The predicted molar refractivity (Wildman–Crippen MR) is 132 cm³/mol. The number of amides is 1. The number of ether oxygens (including phenoxy) is 1. The maximum absolute atomic E-state index is 13.5. The summed E-state index contributed by atoms with van der Waals surface area (Å²) >= 11 is 7.80. The molecule has 1 amide bonds. The van der Waals surface area contributed by atoms with E-state index in [4.69, 9.17) is 25.7 Å². The highest BCUT2D eigenvalue weighted by Gasteiger charge is 2.25. The molecule has 0 radical (unpaired) electrons. The Balaban J connectivity index is 0.00000245. The summed E-state index contributed by atoms with van der Waals surface area (Å²) in [6.45, 7) is 4.82. The Morgan fingerprint density at radius 1 is 1.16 bits per heavy atom. The fourth-order valence-corrected chi connectivity index (χ4v) is 5.09. The lowest BCUT2D eigenvalue weighted by atomic mass is 10.2. The molecular formula is C23H23Cl2N3O3S. The van der Waals surface area contributed by atoms with Crippen molar-refractivity contribution < 1.29 is 13.9 Å². The predicted octanol–water partition coefficient (Wildman–Crippen LogP) is 5.49. The summed E-state index contributed by atoms with van der Waals surface area (Å²) in [4.78, 5) is 22.3. The minimum Gasteiger partial charge on any atom is -0.451 e. The van der Waals surface area contributed by atoms with E-state index in [9.17, 15) is 4.79 Å². The molecule has 6 nitrogen and oxygen atoms in total. The SMILES string of the molecule is Cl.O=C(c1cc2ccccc2o1)N(CCCN1CCOCC1)c1nc2c(Cl)cccc2s1. The molecule has 9 heteroatoms. The first-order valence-electron chi connectivity index (χ1n) is 10.3. The van der Waals surface area contributed by atoms with Crippen LogP contribution in [0.15, 0.2) is 52.9 Å². The number of fused-ring (bicyclic) bond motifs is 2. The summed E-state index contributed by atoms with van der Waals surface area (Å²) in [6.07, 6.45) is 0.829. The third-order valence-corrected chi connectivity index (χ3v) is 6.78. The summed E-state index contributed by atoms with van der Waals surface area (Å²) in [5.41, 5.74) is 1.42. The molecule has 1 aliphatic rings. The maximum Gasteiger partial charge on any atom is 0.295 e. The smallest absolute Gasteiger partial charge is 0.295 e. The molecule has 4 aromatic rings. The Morgan fingerprint density at radius 2 is 1.97 bits per heavy atom. The lowest BCUT2D eigenvalue weighted by Crippen LogP contribution is -2.39. The van der Waals surface area contributed by atoms with Crippen LogP contribution in [0.5, 0.6) is 0 Å². The fraction of sp³-hybridized carbons (Fsp3) is 0.304. The highest BCUT2D eigenvalue weighted by molar-refractivity contribution is 7.22. The van der Waals surface area contributed by atoms with Gasteiger partial charge in [0.25, 0.3) is 5.91 Å². The lowest BCUT2D eigenvalue weighted by molar-refractivity contribution is 0.0376. The van der Waals surface area contributed by atoms with E-state index >= 15 is 0 Å². The molecule has 0 atom stereocenters. The molecule has 5 rings (SSSR count). The van der Waals surface area contributed by atoms with Crippen LogP contribution in [0.3, 0.4) is 0 Å². The van der Waals surface area contributed by atoms with E-state index in [1.807, 2.05) is 42.5 Å². The number of hydrogen-bond donors (Lipinski definition) is 0. The van der Waals surface area contributed by atoms with Crippen LogP contribution in [-0.2, 0) is 4.74 Å². The van der Waals surface area contributed by atoms with Gasteiger partial charge in [0, 0.05) is 31.6 Å². The van der Waals surface area contributed by atoms with Gasteiger partial charge in [-0.3, -0.25) is 14.6 Å². The van der Waals surface area contributed by atoms with Crippen molar-refractivity contribution in [3.63, 3.8) is 0 Å². The van der Waals surface area contributed by atoms with Crippen LogP contribution >= 0.6 is 35.3 Å². The van der Waals surface area contributed by atoms with Gasteiger partial charge in [0.2, 0.25) is 0 Å². The van der Waals surface area contributed by atoms with Crippen molar-refractivity contribution >= 4 is 67.6 Å². The van der Waals surface area contributed by atoms with Crippen molar-refractivity contribution in [1.29, 1.82) is 0 Å². The van der Waals surface area contributed by atoms with Crippen LogP contribution in [0.4, 0.5) is 5.13 Å². The van der Waals surface area contributed by atoms with Crippen LogP contribution in [0.25, 0.3) is 21.2 Å². The molecule has 1 aliphatic heterocycles. The van der Waals surface area contributed by atoms with Gasteiger partial charge in [0.05, 0.1) is 22.9 Å². The minimum atomic E-state index is -0.187. The van der Waals surface area contributed by atoms with Gasteiger partial charge in [0.15, 0.2) is 10.9 Å². The molecule has 1 fully saturated rings. The summed E-state index contributed by atoms with van der Waals surface area (Å²) in [5.74, 6) is 0.131. The second-order valence-electron chi connectivity index (χ2n) is 7.50. The molecule has 0 N–H and O–H groups in total. The Hall–Kier alpha value is -2.16. The molecule has 0 unspecified atom stereocenters. The Kier molecular flexibility index (Phi) is 7.33. The van der Waals surface area contributed by atoms with Crippen molar-refractivity contribution in [3.05, 3.63) is 59.3 Å². The van der Waals surface area contributed by atoms with Gasteiger partial charge in [-0.25, -0.2) is 4.98 Å². The van der Waals surface area contributed by atoms with E-state index < -0.39 is 0 Å². The second kappa shape index (κ2) is 10.2. The standard InChI is InChI=1S/C23H22ClN3O3S.ClH/c24-17-6-3-8-20-21(17)25-23(31-20)27(10-4-9-26-11-13-29-14-12-26)22(28)19-15-16-5-1-2-7-18(16)30-19;/h1-3,5-8,15H,4,9-14H2;1H. The first kappa shape index (κ1) is 23.0. The first-order chi connectivity index (χ1) is 15.2. The first-order valence-corrected chi connectivity index (χ1v) is 11.5. The summed E-state index contributed by atoms with van der Waals surface area (Å²) < 4.78 is 12.2. The third-order valence-electron chi connectivity index (χ3n) is 5.43. The number of anilines is 1. The van der Waals surface area contributed by atoms with Crippen LogP contribution in [-0.4, -0.2) is 55.2 Å². The fourth-order valence-electron chi connectivity index (χ4n) is 3.80. The normalized spacial score (nSPS) is 14.5. The van der Waals surface area contributed by atoms with E-state index in [0.717, 1.165) is 54.9 Å². The summed E-state index contributed by atoms with van der Waals surface area (Å²) in [5, 5.41) is 2.13. The van der Waals surface area contributed by atoms with E-state index in [1.54, 1.807) is 11.0 Å². The van der Waals surface area contributed by atoms with Gasteiger partial charge in [-0.1, -0.05) is 47.2 Å². The largest absolute Gasteiger partial charge is 0.451 e. The van der Waals surface area contributed by atoms with E-state index in [0.29, 0.717) is 28.0 Å². The van der Waals surface area contributed by atoms with Crippen molar-refractivity contribution in [3.8, 4) is 0 Å². The quantitative estimate of drug-likeness (QED) is 0.357. The van der Waals surface area contributed by atoms with Crippen molar-refractivity contribution in [2.24, 2.45) is 0 Å². The van der Waals surface area contributed by atoms with Crippen molar-refractivity contribution in [2.75, 3.05) is 44.3 Å². The zero-order chi connectivity index (χ0) is 21.2. The Morgan fingerprint density at radius 3 is 2.75 bits per heavy atom. The number of morpholine rings is 1. The number of furan rings is 1. The van der Waals surface area contributed by atoms with Gasteiger partial charge in [-0.2, -0.15) is 0 Å². The average molecular weight is 492 g/mol. The number of rotatable bonds is 6. The molecule has 0 saturated carbocycles. The zero-order valence-electron chi connectivity index (χ0n) is 17.3. The van der Waals surface area contributed by atoms with Gasteiger partial charge < -0.3 is 9.15 Å². The van der Waals surface area contributed by atoms with Gasteiger partial charge in [-0.05, 0) is 30.7 Å². The molecular weight excluding hydrogens is 469 g/mol. The Bertz CT molecular complexity index is 1190. The van der Waals surface area contributed by atoms with Crippen LogP contribution < -0.4 is 4.90 Å². The number of aromatic nitrogens is 1. The third kappa shape index (κ3) is 4.77. The number of thiazole rings is 1. The number of hydrogen-bond acceptors (Lipinski definition) is 6. The molecule has 0 bridgehead atoms. The molecule has 3 heterocycles. The topological polar surface area (TPSA) is 58.8 Å². The maximum atomic E-state index is 13.5. The zero-order valence-corrected chi connectivity index (χ0v) is 19.7. The highest BCUT2D eigenvalue weighted by Crippen LogP contribution is 2.34. The van der Waals surface area contributed by atoms with Crippen molar-refractivity contribution in [1.82, 2.24) is 9.88 Å². The molecule has 1 saturated heterocycles. The molecule has 2 aromatic carbocycles. The van der Waals surface area contributed by atoms with Gasteiger partial charge >= 0.3 is 0 Å². The lowest BCUT2D eigenvalue weighted by Gasteiger charge is -2.27. The number of para-hydroxylation sites is 2. The summed E-state index contributed by atoms with van der Waals surface area (Å²) in [7, 11) is 0. The number of nitrogens with zero attached hydrogens (tertiary/aromatic N) is 3. The van der Waals surface area contributed by atoms with E-state index in [-0.39, 0.29) is 18.3 Å². The van der Waals surface area contributed by atoms with Crippen LogP contribution in [0.2, 0.25) is 5.02 Å². The molecule has 2 aromatic heterocycles. The average Bonchev–Trinajstić information content (AvgIpc) is 3.42. The number of halogens is 2. The minimum absolute atomic E-state index is 0. The van der Waals surface area contributed by atoms with Crippen LogP contribution in [0, 0.1) is 0 Å². The number of carbonyl (C=O) groups excluding carboxylic acids is 1. The molecule has 0 spiro atoms. The van der Waals surface area contributed by atoms with Gasteiger partial charge in [-0.15, -0.1) is 12.4 Å². The van der Waals surface area contributed by atoms with Crippen molar-refractivity contribution in [2.45, 2.75) is 6.42 Å². The molecule has 168 valence electrons. The number of benzene rings is 2. The van der Waals surface area contributed by atoms with E-state index in [1.165, 1.54) is 11.3 Å². The molecule has 32 heavy (non-hydrogen) atoms. The number of carbonyl (C=O) groups is 1. The second-order valence-corrected chi connectivity index (χ2v) is 8.91. The van der Waals surface area contributed by atoms with E-state index in [2.05, 4.69) is 4.90 Å². The highest BCUT2D eigenvalue weighted by atomic mass is 35.5. The van der Waals surface area contributed by atoms with Crippen LogP contribution in [0.1, 0.15) is 17.0 Å². The molecule has 0 aliphatic carbocycles. The summed E-state index contributed by atoms with van der Waals surface area (Å²) in [6, 6.07) is 15.1.